The minimum atomic E-state index is -0.0390. The Labute approximate surface area is 143 Å². The number of anilines is 1. The van der Waals surface area contributed by atoms with E-state index in [1.54, 1.807) is 0 Å². The van der Waals surface area contributed by atoms with Gasteiger partial charge in [0.15, 0.2) is 0 Å². The molecule has 4 heteroatoms. The van der Waals surface area contributed by atoms with E-state index in [-0.39, 0.29) is 11.8 Å². The molecular formula is C20H26N2O2. The van der Waals surface area contributed by atoms with Crippen LogP contribution in [0.15, 0.2) is 35.9 Å². The van der Waals surface area contributed by atoms with Gasteiger partial charge in [0.25, 0.3) is 5.91 Å². The molecule has 1 fully saturated rings. The third-order valence-electron chi connectivity index (χ3n) is 4.88. The van der Waals surface area contributed by atoms with Crippen molar-refractivity contribution < 1.29 is 9.59 Å². The maximum absolute atomic E-state index is 12.2. The topological polar surface area (TPSA) is 49.4 Å². The minimum Gasteiger partial charge on any atom is -0.352 e. The molecule has 0 saturated carbocycles. The van der Waals surface area contributed by atoms with Crippen LogP contribution in [0.3, 0.4) is 0 Å². The van der Waals surface area contributed by atoms with Crippen molar-refractivity contribution in [3.05, 3.63) is 41.5 Å². The zero-order chi connectivity index (χ0) is 16.8. The van der Waals surface area contributed by atoms with Crippen LogP contribution in [0.25, 0.3) is 0 Å². The predicted octanol–water partition coefficient (Wildman–Crippen LogP) is 3.82. The Morgan fingerprint density at radius 2 is 1.83 bits per heavy atom. The van der Waals surface area contributed by atoms with Crippen LogP contribution < -0.4 is 10.2 Å². The number of hydrogen-bond donors (Lipinski definition) is 1. The number of rotatable bonds is 5. The van der Waals surface area contributed by atoms with Gasteiger partial charge in [-0.1, -0.05) is 11.6 Å². The molecule has 1 aromatic rings. The number of benzene rings is 1. The van der Waals surface area contributed by atoms with Crippen molar-refractivity contribution >= 4 is 17.5 Å². The molecule has 3 rings (SSSR count). The summed E-state index contributed by atoms with van der Waals surface area (Å²) < 4.78 is 0. The molecular weight excluding hydrogens is 300 g/mol. The maximum atomic E-state index is 12.2. The van der Waals surface area contributed by atoms with Crippen LogP contribution in [-0.4, -0.2) is 24.9 Å². The highest BCUT2D eigenvalue weighted by molar-refractivity contribution is 5.96. The third-order valence-corrected chi connectivity index (χ3v) is 4.88. The Bertz CT molecular complexity index is 619. The lowest BCUT2D eigenvalue weighted by molar-refractivity contribution is -0.119. The highest BCUT2D eigenvalue weighted by Gasteiger charge is 2.19. The SMILES string of the molecule is O=C(NCCC1=CCCCC1)c1ccc(N2CCCCC2=O)cc1. The zero-order valence-electron chi connectivity index (χ0n) is 14.2. The summed E-state index contributed by atoms with van der Waals surface area (Å²) in [6.45, 7) is 1.47. The van der Waals surface area contributed by atoms with Crippen molar-refractivity contribution in [3.8, 4) is 0 Å². The summed E-state index contributed by atoms with van der Waals surface area (Å²) in [5.74, 6) is 0.141. The standard InChI is InChI=1S/C20H26N2O2/c23-19-8-4-5-15-22(19)18-11-9-17(10-12-18)20(24)21-14-13-16-6-2-1-3-7-16/h6,9-12H,1-5,7-8,13-15H2,(H,21,24). The Hall–Kier alpha value is -2.10. The lowest BCUT2D eigenvalue weighted by Crippen LogP contribution is -2.35. The van der Waals surface area contributed by atoms with E-state index in [9.17, 15) is 9.59 Å². The van der Waals surface area contributed by atoms with Gasteiger partial charge in [-0.15, -0.1) is 0 Å². The first-order valence-corrected chi connectivity index (χ1v) is 9.10. The molecule has 0 atom stereocenters. The van der Waals surface area contributed by atoms with Crippen molar-refractivity contribution in [2.75, 3.05) is 18.0 Å². The molecule has 0 spiro atoms. The molecule has 1 aromatic carbocycles. The van der Waals surface area contributed by atoms with Gasteiger partial charge in [-0.05, 0) is 69.2 Å². The van der Waals surface area contributed by atoms with Gasteiger partial charge >= 0.3 is 0 Å². The second-order valence-electron chi connectivity index (χ2n) is 6.66. The van der Waals surface area contributed by atoms with Crippen LogP contribution >= 0.6 is 0 Å². The Kier molecular flexibility index (Phi) is 5.68. The Morgan fingerprint density at radius 3 is 2.54 bits per heavy atom. The second-order valence-corrected chi connectivity index (χ2v) is 6.66. The van der Waals surface area contributed by atoms with Crippen LogP contribution in [0, 0.1) is 0 Å². The van der Waals surface area contributed by atoms with Crippen molar-refractivity contribution in [2.45, 2.75) is 51.4 Å². The molecule has 2 amide bonds. The number of nitrogens with one attached hydrogen (secondary N) is 1. The molecule has 0 radical (unpaired) electrons. The fourth-order valence-electron chi connectivity index (χ4n) is 3.44. The first-order valence-electron chi connectivity index (χ1n) is 9.10. The summed E-state index contributed by atoms with van der Waals surface area (Å²) >= 11 is 0. The van der Waals surface area contributed by atoms with Gasteiger partial charge in [0, 0.05) is 30.8 Å². The Morgan fingerprint density at radius 1 is 1.04 bits per heavy atom. The van der Waals surface area contributed by atoms with E-state index in [4.69, 9.17) is 0 Å². The van der Waals surface area contributed by atoms with Crippen molar-refractivity contribution in [1.29, 1.82) is 0 Å². The fraction of sp³-hybridized carbons (Fsp3) is 0.500. The normalized spacial score (nSPS) is 18.2. The highest BCUT2D eigenvalue weighted by atomic mass is 16.2. The van der Waals surface area contributed by atoms with Crippen molar-refractivity contribution in [2.24, 2.45) is 0 Å². The summed E-state index contributed by atoms with van der Waals surface area (Å²) in [4.78, 5) is 26.0. The lowest BCUT2D eigenvalue weighted by Gasteiger charge is -2.26. The van der Waals surface area contributed by atoms with E-state index in [1.807, 2.05) is 29.2 Å². The summed E-state index contributed by atoms with van der Waals surface area (Å²) in [5.41, 5.74) is 3.02. The molecule has 24 heavy (non-hydrogen) atoms. The number of carbonyl (C=O) groups is 2. The van der Waals surface area contributed by atoms with Gasteiger partial charge < -0.3 is 10.2 Å². The molecule has 1 aliphatic heterocycles. The minimum absolute atomic E-state index is 0.0390. The van der Waals surface area contributed by atoms with E-state index in [1.165, 1.54) is 31.3 Å². The molecule has 1 saturated heterocycles. The summed E-state index contributed by atoms with van der Waals surface area (Å²) in [6, 6.07) is 7.38. The average Bonchev–Trinajstić information content (AvgIpc) is 2.63. The van der Waals surface area contributed by atoms with Crippen LogP contribution in [0.1, 0.15) is 61.7 Å². The molecule has 2 aliphatic rings. The van der Waals surface area contributed by atoms with E-state index < -0.39 is 0 Å². The van der Waals surface area contributed by atoms with Crippen molar-refractivity contribution in [3.63, 3.8) is 0 Å². The predicted molar refractivity (Wildman–Crippen MR) is 96.1 cm³/mol. The fourth-order valence-corrected chi connectivity index (χ4v) is 3.44. The number of allylic oxidation sites excluding steroid dienone is 1. The van der Waals surface area contributed by atoms with Gasteiger partial charge in [0.2, 0.25) is 5.91 Å². The largest absolute Gasteiger partial charge is 0.352 e. The zero-order valence-corrected chi connectivity index (χ0v) is 14.2. The lowest BCUT2D eigenvalue weighted by atomic mass is 9.97. The molecule has 0 unspecified atom stereocenters. The van der Waals surface area contributed by atoms with Crippen LogP contribution in [0.2, 0.25) is 0 Å². The molecule has 128 valence electrons. The van der Waals surface area contributed by atoms with Crippen LogP contribution in [-0.2, 0) is 4.79 Å². The summed E-state index contributed by atoms with van der Waals surface area (Å²) in [5, 5.41) is 2.99. The van der Waals surface area contributed by atoms with Gasteiger partial charge in [-0.2, -0.15) is 0 Å². The molecule has 4 nitrogen and oxygen atoms in total. The van der Waals surface area contributed by atoms with E-state index in [0.29, 0.717) is 18.5 Å². The first-order chi connectivity index (χ1) is 11.7. The highest BCUT2D eigenvalue weighted by Crippen LogP contribution is 2.22. The number of hydrogen-bond acceptors (Lipinski definition) is 2. The van der Waals surface area contributed by atoms with Gasteiger partial charge in [0.05, 0.1) is 0 Å². The van der Waals surface area contributed by atoms with E-state index in [0.717, 1.165) is 31.5 Å². The number of nitrogens with zero attached hydrogens (tertiary/aromatic N) is 1. The third kappa shape index (κ3) is 4.25. The Balaban J connectivity index is 1.51. The summed E-state index contributed by atoms with van der Waals surface area (Å²) in [6.07, 6.45) is 10.8. The number of amides is 2. The average molecular weight is 326 g/mol. The van der Waals surface area contributed by atoms with Crippen LogP contribution in [0.4, 0.5) is 5.69 Å². The maximum Gasteiger partial charge on any atom is 0.251 e. The summed E-state index contributed by atoms with van der Waals surface area (Å²) in [7, 11) is 0. The van der Waals surface area contributed by atoms with Gasteiger partial charge in [-0.25, -0.2) is 0 Å². The number of carbonyl (C=O) groups excluding carboxylic acids is 2. The molecule has 1 aliphatic carbocycles. The molecule has 1 N–H and O–H groups in total. The van der Waals surface area contributed by atoms with Gasteiger partial charge in [0.1, 0.15) is 0 Å². The van der Waals surface area contributed by atoms with E-state index in [2.05, 4.69) is 11.4 Å². The monoisotopic (exact) mass is 326 g/mol. The quantitative estimate of drug-likeness (QED) is 0.836. The van der Waals surface area contributed by atoms with E-state index >= 15 is 0 Å². The first kappa shape index (κ1) is 16.7. The molecule has 1 heterocycles. The van der Waals surface area contributed by atoms with Gasteiger partial charge in [-0.3, -0.25) is 9.59 Å². The second kappa shape index (κ2) is 8.13. The smallest absolute Gasteiger partial charge is 0.251 e. The molecule has 0 bridgehead atoms. The number of piperidine rings is 1. The van der Waals surface area contributed by atoms with Crippen LogP contribution in [0.5, 0.6) is 0 Å². The van der Waals surface area contributed by atoms with Crippen molar-refractivity contribution in [1.82, 2.24) is 5.32 Å². The molecule has 0 aromatic heterocycles.